The molecule has 0 radical (unpaired) electrons. The minimum atomic E-state index is -0.147. The Morgan fingerprint density at radius 3 is 2.67 bits per heavy atom. The maximum atomic E-state index is 13.5. The Morgan fingerprint density at radius 1 is 1.29 bits per heavy atom. The van der Waals surface area contributed by atoms with Crippen LogP contribution in [0.15, 0.2) is 23.8 Å². The Morgan fingerprint density at radius 2 is 2.00 bits per heavy atom. The molecule has 0 spiro atoms. The van der Waals surface area contributed by atoms with Gasteiger partial charge >= 0.3 is 0 Å². The third-order valence-corrected chi connectivity index (χ3v) is 4.43. The first-order valence-electron chi connectivity index (χ1n) is 8.26. The lowest BCUT2D eigenvalue weighted by atomic mass is 9.82. The Bertz CT molecular complexity index is 484. The molecule has 21 heavy (non-hydrogen) atoms. The van der Waals surface area contributed by atoms with Crippen molar-refractivity contribution in [3.8, 4) is 0 Å². The molecule has 1 saturated carbocycles. The molecule has 1 aromatic rings. The number of benzene rings is 1. The number of aryl methyl sites for hydroxylation is 1. The zero-order valence-electron chi connectivity index (χ0n) is 13.6. The van der Waals surface area contributed by atoms with Crippen molar-refractivity contribution in [1.29, 1.82) is 0 Å². The molecule has 0 amide bonds. The lowest BCUT2D eigenvalue weighted by molar-refractivity contribution is 0.394. The highest BCUT2D eigenvalue weighted by Crippen LogP contribution is 2.31. The second-order valence-corrected chi connectivity index (χ2v) is 6.59. The van der Waals surface area contributed by atoms with Gasteiger partial charge in [-0.3, -0.25) is 0 Å². The SMILES string of the molecule is Cc1ccc(F)cc1/C=C(/CNC(C)C)C1CCCCC1. The van der Waals surface area contributed by atoms with E-state index in [4.69, 9.17) is 0 Å². The molecule has 0 heterocycles. The summed E-state index contributed by atoms with van der Waals surface area (Å²) < 4.78 is 13.5. The van der Waals surface area contributed by atoms with E-state index in [0.29, 0.717) is 12.0 Å². The van der Waals surface area contributed by atoms with Gasteiger partial charge in [-0.15, -0.1) is 0 Å². The summed E-state index contributed by atoms with van der Waals surface area (Å²) in [4.78, 5) is 0. The summed E-state index contributed by atoms with van der Waals surface area (Å²) in [7, 11) is 0. The van der Waals surface area contributed by atoms with Crippen molar-refractivity contribution in [2.75, 3.05) is 6.54 Å². The number of hydrogen-bond donors (Lipinski definition) is 1. The van der Waals surface area contributed by atoms with E-state index in [1.54, 1.807) is 12.1 Å². The molecule has 1 fully saturated rings. The van der Waals surface area contributed by atoms with Gasteiger partial charge in [0.05, 0.1) is 0 Å². The summed E-state index contributed by atoms with van der Waals surface area (Å²) in [6.45, 7) is 7.32. The molecule has 1 aromatic carbocycles. The van der Waals surface area contributed by atoms with Gasteiger partial charge in [-0.05, 0) is 48.9 Å². The molecule has 0 aromatic heterocycles. The van der Waals surface area contributed by atoms with E-state index in [2.05, 4.69) is 32.2 Å². The van der Waals surface area contributed by atoms with Gasteiger partial charge in [-0.2, -0.15) is 0 Å². The molecule has 1 N–H and O–H groups in total. The van der Waals surface area contributed by atoms with Gasteiger partial charge in [0, 0.05) is 12.6 Å². The van der Waals surface area contributed by atoms with Gasteiger partial charge in [0.2, 0.25) is 0 Å². The summed E-state index contributed by atoms with van der Waals surface area (Å²) in [5.74, 6) is 0.513. The van der Waals surface area contributed by atoms with Gasteiger partial charge in [-0.25, -0.2) is 4.39 Å². The highest BCUT2D eigenvalue weighted by molar-refractivity contribution is 5.57. The van der Waals surface area contributed by atoms with Crippen molar-refractivity contribution >= 4 is 6.08 Å². The zero-order valence-corrected chi connectivity index (χ0v) is 13.6. The Kier molecular flexibility index (Phi) is 5.98. The lowest BCUT2D eigenvalue weighted by Gasteiger charge is -2.26. The summed E-state index contributed by atoms with van der Waals surface area (Å²) in [6.07, 6.45) is 8.79. The molecule has 0 unspecified atom stereocenters. The molecule has 1 nitrogen and oxygen atoms in total. The quantitative estimate of drug-likeness (QED) is 0.795. The highest BCUT2D eigenvalue weighted by atomic mass is 19.1. The molecule has 116 valence electrons. The van der Waals surface area contributed by atoms with Gasteiger partial charge in [0.1, 0.15) is 5.82 Å². The smallest absolute Gasteiger partial charge is 0.123 e. The van der Waals surface area contributed by atoms with Crippen molar-refractivity contribution in [3.05, 3.63) is 40.7 Å². The average Bonchev–Trinajstić information content (AvgIpc) is 2.47. The molecule has 1 aliphatic rings. The average molecular weight is 289 g/mol. The van der Waals surface area contributed by atoms with Crippen molar-refractivity contribution in [2.45, 2.75) is 58.9 Å². The van der Waals surface area contributed by atoms with Crippen LogP contribution in [0, 0.1) is 18.7 Å². The Balaban J connectivity index is 2.23. The standard InChI is InChI=1S/C19H28FN/c1-14(2)21-13-18(16-7-5-4-6-8-16)11-17-12-19(20)10-9-15(17)3/h9-12,14,16,21H,4-8,13H2,1-3H3/b18-11-. The van der Waals surface area contributed by atoms with Crippen LogP contribution in [0.3, 0.4) is 0 Å². The fourth-order valence-electron chi connectivity index (χ4n) is 3.08. The molecule has 2 rings (SSSR count). The van der Waals surface area contributed by atoms with Crippen LogP contribution < -0.4 is 5.32 Å². The van der Waals surface area contributed by atoms with Gasteiger partial charge in [0.25, 0.3) is 0 Å². The van der Waals surface area contributed by atoms with Crippen LogP contribution in [-0.2, 0) is 0 Å². The number of halogens is 1. The normalized spacial score (nSPS) is 17.5. The summed E-state index contributed by atoms with van der Waals surface area (Å²) in [6, 6.07) is 5.55. The summed E-state index contributed by atoms with van der Waals surface area (Å²) in [5.41, 5.74) is 3.62. The molecule has 0 saturated heterocycles. The molecule has 0 bridgehead atoms. The van der Waals surface area contributed by atoms with Crippen LogP contribution in [0.4, 0.5) is 4.39 Å². The van der Waals surface area contributed by atoms with Crippen molar-refractivity contribution in [2.24, 2.45) is 5.92 Å². The van der Waals surface area contributed by atoms with Crippen LogP contribution >= 0.6 is 0 Å². The molecule has 0 aliphatic heterocycles. The van der Waals surface area contributed by atoms with E-state index in [0.717, 1.165) is 17.7 Å². The van der Waals surface area contributed by atoms with E-state index in [1.165, 1.54) is 37.7 Å². The van der Waals surface area contributed by atoms with E-state index in [9.17, 15) is 4.39 Å². The van der Waals surface area contributed by atoms with Crippen molar-refractivity contribution in [3.63, 3.8) is 0 Å². The molecular weight excluding hydrogens is 261 g/mol. The third kappa shape index (κ3) is 4.96. The van der Waals surface area contributed by atoms with Crippen molar-refractivity contribution in [1.82, 2.24) is 5.32 Å². The largest absolute Gasteiger partial charge is 0.311 e. The van der Waals surface area contributed by atoms with Crippen LogP contribution in [-0.4, -0.2) is 12.6 Å². The molecule has 1 aliphatic carbocycles. The second-order valence-electron chi connectivity index (χ2n) is 6.59. The lowest BCUT2D eigenvalue weighted by Crippen LogP contribution is -2.28. The Hall–Kier alpha value is -1.15. The first kappa shape index (κ1) is 16.2. The predicted octanol–water partition coefficient (Wildman–Crippen LogP) is 5.10. The summed E-state index contributed by atoms with van der Waals surface area (Å²) >= 11 is 0. The highest BCUT2D eigenvalue weighted by Gasteiger charge is 2.18. The Labute approximate surface area is 128 Å². The zero-order chi connectivity index (χ0) is 15.2. The van der Waals surface area contributed by atoms with Crippen LogP contribution in [0.5, 0.6) is 0 Å². The minimum Gasteiger partial charge on any atom is -0.311 e. The molecule has 0 atom stereocenters. The van der Waals surface area contributed by atoms with E-state index < -0.39 is 0 Å². The number of nitrogens with one attached hydrogen (secondary N) is 1. The van der Waals surface area contributed by atoms with E-state index >= 15 is 0 Å². The van der Waals surface area contributed by atoms with Crippen LogP contribution in [0.25, 0.3) is 6.08 Å². The first-order chi connectivity index (χ1) is 10.1. The topological polar surface area (TPSA) is 12.0 Å². The summed E-state index contributed by atoms with van der Waals surface area (Å²) in [5, 5.41) is 3.54. The fourth-order valence-corrected chi connectivity index (χ4v) is 3.08. The number of rotatable bonds is 5. The minimum absolute atomic E-state index is 0.147. The van der Waals surface area contributed by atoms with Crippen LogP contribution in [0.1, 0.15) is 57.1 Å². The number of hydrogen-bond acceptors (Lipinski definition) is 1. The van der Waals surface area contributed by atoms with Crippen molar-refractivity contribution < 1.29 is 4.39 Å². The monoisotopic (exact) mass is 289 g/mol. The van der Waals surface area contributed by atoms with E-state index in [1.807, 2.05) is 6.07 Å². The molecule has 2 heteroatoms. The third-order valence-electron chi connectivity index (χ3n) is 4.43. The fraction of sp³-hybridized carbons (Fsp3) is 0.579. The second kappa shape index (κ2) is 7.74. The first-order valence-corrected chi connectivity index (χ1v) is 8.26. The molecular formula is C19H28FN. The maximum Gasteiger partial charge on any atom is 0.123 e. The maximum absolute atomic E-state index is 13.5. The predicted molar refractivity (Wildman–Crippen MR) is 88.8 cm³/mol. The van der Waals surface area contributed by atoms with Gasteiger partial charge < -0.3 is 5.32 Å². The van der Waals surface area contributed by atoms with Gasteiger partial charge in [-0.1, -0.05) is 50.8 Å². The van der Waals surface area contributed by atoms with Crippen LogP contribution in [0.2, 0.25) is 0 Å². The van der Waals surface area contributed by atoms with Gasteiger partial charge in [0.15, 0.2) is 0 Å². The van der Waals surface area contributed by atoms with E-state index in [-0.39, 0.29) is 5.82 Å².